The molecule has 0 radical (unpaired) electrons. The van der Waals surface area contributed by atoms with Gasteiger partial charge in [0.2, 0.25) is 5.91 Å². The van der Waals surface area contributed by atoms with Gasteiger partial charge in [-0.15, -0.1) is 12.4 Å². The van der Waals surface area contributed by atoms with Crippen molar-refractivity contribution >= 4 is 35.6 Å². The molecule has 4 N–H and O–H groups in total. The second-order valence-corrected chi connectivity index (χ2v) is 5.79. The number of carbonyl (C=O) groups is 2. The zero-order valence-corrected chi connectivity index (χ0v) is 16.8. The molecule has 0 saturated carbocycles. The fourth-order valence-corrected chi connectivity index (χ4v) is 2.52. The van der Waals surface area contributed by atoms with E-state index in [0.717, 1.165) is 0 Å². The Hall–Kier alpha value is -2.93. The fourth-order valence-electron chi connectivity index (χ4n) is 2.52. The van der Waals surface area contributed by atoms with Gasteiger partial charge in [-0.3, -0.25) is 9.59 Å². The first kappa shape index (κ1) is 23.1. The molecule has 2 aromatic carbocycles. The summed E-state index contributed by atoms with van der Waals surface area (Å²) in [5.41, 5.74) is 7.36. The Morgan fingerprint density at radius 1 is 1.11 bits per heavy atom. The number of ether oxygens (including phenoxy) is 2. The van der Waals surface area contributed by atoms with E-state index in [2.05, 4.69) is 10.6 Å². The molecule has 0 fully saturated rings. The highest BCUT2D eigenvalue weighted by atomic mass is 35.5. The molecule has 152 valence electrons. The van der Waals surface area contributed by atoms with Crippen LogP contribution in [0.25, 0.3) is 0 Å². The predicted octanol–water partition coefficient (Wildman–Crippen LogP) is 3.25. The number of hydrogen-bond acceptors (Lipinski definition) is 5. The Labute approximate surface area is 171 Å². The number of nitrogens with one attached hydrogen (secondary N) is 2. The van der Waals surface area contributed by atoms with E-state index in [1.807, 2.05) is 13.0 Å². The molecule has 2 amide bonds. The molecule has 0 spiro atoms. The maximum Gasteiger partial charge on any atom is 0.255 e. The van der Waals surface area contributed by atoms with E-state index in [0.29, 0.717) is 48.0 Å². The number of para-hydroxylation sites is 1. The number of methoxy groups -OCH3 is 1. The Kier molecular flexibility index (Phi) is 9.67. The van der Waals surface area contributed by atoms with Gasteiger partial charge in [0.25, 0.3) is 5.91 Å². The summed E-state index contributed by atoms with van der Waals surface area (Å²) < 4.78 is 10.5. The van der Waals surface area contributed by atoms with Crippen molar-refractivity contribution < 1.29 is 19.1 Å². The van der Waals surface area contributed by atoms with Gasteiger partial charge in [-0.2, -0.15) is 0 Å². The molecule has 0 aliphatic heterocycles. The van der Waals surface area contributed by atoms with E-state index in [1.54, 1.807) is 36.4 Å². The molecular weight excluding hydrogens is 382 g/mol. The second-order valence-electron chi connectivity index (χ2n) is 5.79. The van der Waals surface area contributed by atoms with Crippen molar-refractivity contribution in [1.29, 1.82) is 0 Å². The van der Waals surface area contributed by atoms with Crippen molar-refractivity contribution in [1.82, 2.24) is 5.32 Å². The molecule has 2 rings (SSSR count). The average Bonchev–Trinajstić information content (AvgIpc) is 2.66. The van der Waals surface area contributed by atoms with Gasteiger partial charge in [-0.05, 0) is 43.7 Å². The van der Waals surface area contributed by atoms with E-state index in [-0.39, 0.29) is 30.6 Å². The summed E-state index contributed by atoms with van der Waals surface area (Å²) in [5, 5.41) is 5.58. The molecule has 0 unspecified atom stereocenters. The first-order valence-corrected chi connectivity index (χ1v) is 8.78. The van der Waals surface area contributed by atoms with E-state index in [1.165, 1.54) is 7.11 Å². The smallest absolute Gasteiger partial charge is 0.255 e. The highest BCUT2D eigenvalue weighted by molar-refractivity contribution is 5.97. The molecule has 7 nitrogen and oxygen atoms in total. The van der Waals surface area contributed by atoms with Crippen LogP contribution in [0.5, 0.6) is 11.5 Å². The summed E-state index contributed by atoms with van der Waals surface area (Å²) in [7, 11) is 1.53. The summed E-state index contributed by atoms with van der Waals surface area (Å²) in [6.07, 6.45) is 0.791. The molecule has 2 aromatic rings. The molecule has 0 aliphatic rings. The van der Waals surface area contributed by atoms with Gasteiger partial charge in [0.05, 0.1) is 25.0 Å². The van der Waals surface area contributed by atoms with E-state index in [9.17, 15) is 9.59 Å². The number of hydrogen-bond donors (Lipinski definition) is 3. The minimum Gasteiger partial charge on any atom is -0.495 e. The number of anilines is 2. The van der Waals surface area contributed by atoms with Gasteiger partial charge >= 0.3 is 0 Å². The summed E-state index contributed by atoms with van der Waals surface area (Å²) in [6, 6.07) is 12.1. The van der Waals surface area contributed by atoms with Crippen LogP contribution < -0.4 is 25.8 Å². The van der Waals surface area contributed by atoms with Crippen molar-refractivity contribution in [3.8, 4) is 11.5 Å². The monoisotopic (exact) mass is 407 g/mol. The van der Waals surface area contributed by atoms with Crippen LogP contribution in [0.2, 0.25) is 0 Å². The van der Waals surface area contributed by atoms with Crippen molar-refractivity contribution in [3.05, 3.63) is 48.0 Å². The molecule has 0 saturated heterocycles. The lowest BCUT2D eigenvalue weighted by atomic mass is 10.2. The van der Waals surface area contributed by atoms with Crippen LogP contribution in [0, 0.1) is 0 Å². The van der Waals surface area contributed by atoms with Gasteiger partial charge in [-0.25, -0.2) is 0 Å². The number of carbonyl (C=O) groups excluding carboxylic acids is 2. The third-order valence-electron chi connectivity index (χ3n) is 3.81. The van der Waals surface area contributed by atoms with Crippen LogP contribution in [0.15, 0.2) is 42.5 Å². The summed E-state index contributed by atoms with van der Waals surface area (Å²) in [4.78, 5) is 24.3. The normalized spacial score (nSPS) is 9.79. The van der Waals surface area contributed by atoms with Gasteiger partial charge in [0, 0.05) is 18.7 Å². The maximum atomic E-state index is 12.3. The van der Waals surface area contributed by atoms with Gasteiger partial charge in [0.1, 0.15) is 11.5 Å². The van der Waals surface area contributed by atoms with Gasteiger partial charge in [-0.1, -0.05) is 12.1 Å². The van der Waals surface area contributed by atoms with Crippen molar-refractivity contribution in [2.75, 3.05) is 31.3 Å². The number of rotatable bonds is 9. The Bertz CT molecular complexity index is 799. The third kappa shape index (κ3) is 6.66. The van der Waals surface area contributed by atoms with E-state index in [4.69, 9.17) is 15.2 Å². The number of nitrogens with two attached hydrogens (primary N) is 1. The first-order valence-electron chi connectivity index (χ1n) is 8.78. The number of benzene rings is 2. The lowest BCUT2D eigenvalue weighted by Crippen LogP contribution is -2.26. The predicted molar refractivity (Wildman–Crippen MR) is 112 cm³/mol. The topological polar surface area (TPSA) is 103 Å². The minimum absolute atomic E-state index is 0. The molecule has 8 heteroatoms. The third-order valence-corrected chi connectivity index (χ3v) is 3.81. The van der Waals surface area contributed by atoms with Crippen molar-refractivity contribution in [2.45, 2.75) is 19.8 Å². The van der Waals surface area contributed by atoms with Crippen LogP contribution in [-0.4, -0.2) is 32.1 Å². The quantitative estimate of drug-likeness (QED) is 0.437. The van der Waals surface area contributed by atoms with Gasteiger partial charge < -0.3 is 25.8 Å². The molecular formula is C20H26ClN3O4. The molecule has 28 heavy (non-hydrogen) atoms. The Morgan fingerprint density at radius 2 is 1.86 bits per heavy atom. The lowest BCUT2D eigenvalue weighted by Gasteiger charge is -2.11. The summed E-state index contributed by atoms with van der Waals surface area (Å²) in [5.74, 6) is 0.737. The average molecular weight is 408 g/mol. The fraction of sp³-hybridized carbons (Fsp3) is 0.300. The Balaban J connectivity index is 0.00000392. The number of nitrogen functional groups attached to an aromatic ring is 1. The maximum absolute atomic E-state index is 12.3. The zero-order valence-electron chi connectivity index (χ0n) is 16.0. The van der Waals surface area contributed by atoms with Crippen LogP contribution in [0.1, 0.15) is 30.1 Å². The molecule has 0 aliphatic carbocycles. The van der Waals surface area contributed by atoms with Crippen molar-refractivity contribution in [3.63, 3.8) is 0 Å². The van der Waals surface area contributed by atoms with Crippen molar-refractivity contribution in [2.24, 2.45) is 0 Å². The van der Waals surface area contributed by atoms with E-state index >= 15 is 0 Å². The highest BCUT2D eigenvalue weighted by Crippen LogP contribution is 2.24. The SMILES string of the molecule is CCOc1ccccc1C(=O)NCCCC(=O)Nc1ccc(OC)c(N)c1.Cl. The lowest BCUT2D eigenvalue weighted by molar-refractivity contribution is -0.116. The molecule has 0 atom stereocenters. The summed E-state index contributed by atoms with van der Waals surface area (Å²) >= 11 is 0. The standard InChI is InChI=1S/C20H25N3O4.ClH/c1-3-27-17-8-5-4-7-15(17)20(25)22-12-6-9-19(24)23-14-10-11-18(26-2)16(21)13-14;/h4-5,7-8,10-11,13H,3,6,9,12,21H2,1-2H3,(H,22,25)(H,23,24);1H. The van der Waals surface area contributed by atoms with Crippen LogP contribution in [0.4, 0.5) is 11.4 Å². The Morgan fingerprint density at radius 3 is 2.54 bits per heavy atom. The molecule has 0 aromatic heterocycles. The van der Waals surface area contributed by atoms with E-state index < -0.39 is 0 Å². The largest absolute Gasteiger partial charge is 0.495 e. The number of amides is 2. The van der Waals surface area contributed by atoms with Crippen LogP contribution >= 0.6 is 12.4 Å². The molecule has 0 heterocycles. The van der Waals surface area contributed by atoms with Gasteiger partial charge in [0.15, 0.2) is 0 Å². The molecule has 0 bridgehead atoms. The summed E-state index contributed by atoms with van der Waals surface area (Å²) in [6.45, 7) is 2.74. The minimum atomic E-state index is -0.220. The highest BCUT2D eigenvalue weighted by Gasteiger charge is 2.11. The van der Waals surface area contributed by atoms with Crippen LogP contribution in [-0.2, 0) is 4.79 Å². The zero-order chi connectivity index (χ0) is 19.6. The first-order chi connectivity index (χ1) is 13.0. The second kappa shape index (κ2) is 11.7. The number of halogens is 1. The van der Waals surface area contributed by atoms with Crippen LogP contribution in [0.3, 0.4) is 0 Å².